The van der Waals surface area contributed by atoms with Crippen molar-refractivity contribution < 1.29 is 0 Å². The number of para-hydroxylation sites is 2. The Kier molecular flexibility index (Phi) is 2.86. The summed E-state index contributed by atoms with van der Waals surface area (Å²) in [6.07, 6.45) is 3.62. The van der Waals surface area contributed by atoms with Crippen LogP contribution in [-0.2, 0) is 0 Å². The van der Waals surface area contributed by atoms with Gasteiger partial charge >= 0.3 is 0 Å². The fraction of sp³-hybridized carbons (Fsp3) is 0. The van der Waals surface area contributed by atoms with E-state index in [-0.39, 0.29) is 0 Å². The first kappa shape index (κ1) is 16.3. The highest BCUT2D eigenvalue weighted by Gasteiger charge is 2.24. The lowest BCUT2D eigenvalue weighted by Gasteiger charge is -2.07. The number of hydrogen-bond donors (Lipinski definition) is 0. The molecule has 0 aliphatic heterocycles. The maximum absolute atomic E-state index is 4.64. The van der Waals surface area contributed by atoms with Crippen molar-refractivity contribution >= 4 is 59.9 Å². The van der Waals surface area contributed by atoms with Crippen LogP contribution in [-0.4, -0.2) is 18.9 Å². The Morgan fingerprint density at radius 3 is 2.06 bits per heavy atom. The summed E-state index contributed by atoms with van der Waals surface area (Å²) in [7, 11) is 0. The van der Waals surface area contributed by atoms with Crippen LogP contribution >= 0.6 is 0 Å². The van der Waals surface area contributed by atoms with Gasteiger partial charge in [0.15, 0.2) is 0 Å². The summed E-state index contributed by atoms with van der Waals surface area (Å²) in [6, 6.07) is 30.3. The van der Waals surface area contributed by atoms with Gasteiger partial charge in [0.1, 0.15) is 0 Å². The number of hydrogen-bond acceptors (Lipinski definition) is 2. The SMILES string of the molecule is c1cnc(-n2c3ccc4cccc5c6ccccc6n6c7ccccc7c2c6c3c45)nc1. The van der Waals surface area contributed by atoms with E-state index in [4.69, 9.17) is 0 Å². The molecule has 0 fully saturated rings. The Morgan fingerprint density at radius 1 is 0.500 bits per heavy atom. The maximum Gasteiger partial charge on any atom is 0.234 e. The molecule has 0 bridgehead atoms. The van der Waals surface area contributed by atoms with Crippen molar-refractivity contribution in [1.82, 2.24) is 18.9 Å². The van der Waals surface area contributed by atoms with Gasteiger partial charge in [-0.25, -0.2) is 9.97 Å². The fourth-order valence-corrected chi connectivity index (χ4v) is 5.58. The molecule has 148 valence electrons. The van der Waals surface area contributed by atoms with Crippen molar-refractivity contribution in [3.63, 3.8) is 0 Å². The third kappa shape index (κ3) is 1.80. The van der Waals surface area contributed by atoms with E-state index in [0.29, 0.717) is 5.95 Å². The molecule has 4 heteroatoms. The molecule has 4 aromatic carbocycles. The molecule has 0 aliphatic carbocycles. The molecule has 0 saturated heterocycles. The summed E-state index contributed by atoms with van der Waals surface area (Å²) < 4.78 is 4.66. The Bertz CT molecular complexity index is 1980. The van der Waals surface area contributed by atoms with Gasteiger partial charge in [0.25, 0.3) is 0 Å². The minimum atomic E-state index is 0.695. The molecule has 4 nitrogen and oxygen atoms in total. The van der Waals surface area contributed by atoms with E-state index in [1.54, 1.807) is 0 Å². The first-order chi connectivity index (χ1) is 15.9. The number of aromatic nitrogens is 4. The molecule has 8 aromatic rings. The lowest BCUT2D eigenvalue weighted by molar-refractivity contribution is 0.991. The third-order valence-corrected chi connectivity index (χ3v) is 6.76. The molecule has 4 aromatic heterocycles. The van der Waals surface area contributed by atoms with E-state index in [2.05, 4.69) is 97.8 Å². The minimum Gasteiger partial charge on any atom is -0.306 e. The largest absolute Gasteiger partial charge is 0.306 e. The molecule has 0 radical (unpaired) electrons. The second-order valence-electron chi connectivity index (χ2n) is 8.31. The van der Waals surface area contributed by atoms with Crippen molar-refractivity contribution in [1.29, 1.82) is 0 Å². The van der Waals surface area contributed by atoms with Crippen molar-refractivity contribution in [2.45, 2.75) is 0 Å². The average molecular weight is 408 g/mol. The van der Waals surface area contributed by atoms with Gasteiger partial charge in [-0.2, -0.15) is 0 Å². The summed E-state index contributed by atoms with van der Waals surface area (Å²) in [5.41, 5.74) is 5.91. The highest BCUT2D eigenvalue weighted by atomic mass is 15.2. The van der Waals surface area contributed by atoms with Crippen LogP contribution in [0.25, 0.3) is 65.8 Å². The average Bonchev–Trinajstić information content (AvgIpc) is 3.32. The molecule has 0 spiro atoms. The van der Waals surface area contributed by atoms with Gasteiger partial charge in [-0.05, 0) is 35.0 Å². The van der Waals surface area contributed by atoms with Crippen LogP contribution < -0.4 is 0 Å². The zero-order chi connectivity index (χ0) is 20.8. The van der Waals surface area contributed by atoms with E-state index >= 15 is 0 Å². The normalized spacial score (nSPS) is 12.4. The maximum atomic E-state index is 4.64. The van der Waals surface area contributed by atoms with Crippen LogP contribution in [0.4, 0.5) is 0 Å². The summed E-state index contributed by atoms with van der Waals surface area (Å²) >= 11 is 0. The van der Waals surface area contributed by atoms with Gasteiger partial charge in [-0.1, -0.05) is 60.7 Å². The number of fused-ring (bicyclic) bond motifs is 6. The van der Waals surface area contributed by atoms with Gasteiger partial charge in [0.05, 0.1) is 27.6 Å². The Balaban J connectivity index is 1.86. The Hall–Kier alpha value is -4.44. The lowest BCUT2D eigenvalue weighted by Crippen LogP contribution is -1.99. The molecule has 0 atom stereocenters. The molecule has 0 saturated carbocycles. The van der Waals surface area contributed by atoms with Gasteiger partial charge in [-0.15, -0.1) is 0 Å². The molecular formula is C28H16N4. The van der Waals surface area contributed by atoms with Crippen molar-refractivity contribution in [2.24, 2.45) is 0 Å². The molecule has 4 heterocycles. The summed E-state index contributed by atoms with van der Waals surface area (Å²) in [4.78, 5) is 9.29. The molecule has 8 rings (SSSR count). The van der Waals surface area contributed by atoms with Crippen LogP contribution in [0.15, 0.2) is 97.3 Å². The number of nitrogens with zero attached hydrogens (tertiary/aromatic N) is 4. The lowest BCUT2D eigenvalue weighted by atomic mass is 10.0. The highest BCUT2D eigenvalue weighted by molar-refractivity contribution is 6.33. The second kappa shape index (κ2) is 5.62. The molecule has 32 heavy (non-hydrogen) atoms. The van der Waals surface area contributed by atoms with Crippen molar-refractivity contribution in [3.05, 3.63) is 97.3 Å². The molecule has 0 unspecified atom stereocenters. The number of rotatable bonds is 1. The summed E-state index contributed by atoms with van der Waals surface area (Å²) in [5.74, 6) is 0.695. The first-order valence-electron chi connectivity index (χ1n) is 10.8. The van der Waals surface area contributed by atoms with Gasteiger partial charge in [0, 0.05) is 33.9 Å². The van der Waals surface area contributed by atoms with Crippen LogP contribution in [0.3, 0.4) is 0 Å². The van der Waals surface area contributed by atoms with Crippen molar-refractivity contribution in [2.75, 3.05) is 0 Å². The Morgan fingerprint density at radius 2 is 1.22 bits per heavy atom. The van der Waals surface area contributed by atoms with E-state index in [9.17, 15) is 0 Å². The third-order valence-electron chi connectivity index (χ3n) is 6.76. The molecule has 0 amide bonds. The zero-order valence-electron chi connectivity index (χ0n) is 17.0. The molecule has 0 N–H and O–H groups in total. The predicted molar refractivity (Wildman–Crippen MR) is 131 cm³/mol. The van der Waals surface area contributed by atoms with Gasteiger partial charge in [-0.3, -0.25) is 4.57 Å². The number of benzene rings is 4. The minimum absolute atomic E-state index is 0.695. The van der Waals surface area contributed by atoms with E-state index in [1.165, 1.54) is 48.9 Å². The predicted octanol–water partition coefficient (Wildman–Crippen LogP) is 6.72. The van der Waals surface area contributed by atoms with Gasteiger partial charge < -0.3 is 4.40 Å². The zero-order valence-corrected chi connectivity index (χ0v) is 17.0. The quantitative estimate of drug-likeness (QED) is 0.302. The fourth-order valence-electron chi connectivity index (χ4n) is 5.58. The monoisotopic (exact) mass is 408 g/mol. The molecule has 0 aliphatic rings. The highest BCUT2D eigenvalue weighted by Crippen LogP contribution is 2.45. The van der Waals surface area contributed by atoms with Crippen LogP contribution in [0.1, 0.15) is 0 Å². The molecular weight excluding hydrogens is 392 g/mol. The van der Waals surface area contributed by atoms with E-state index in [1.807, 2.05) is 18.5 Å². The van der Waals surface area contributed by atoms with E-state index < -0.39 is 0 Å². The smallest absolute Gasteiger partial charge is 0.234 e. The summed E-state index contributed by atoms with van der Waals surface area (Å²) in [6.45, 7) is 0. The standard InChI is InChI=1S/C28H16N4/c1-3-11-21-18(8-1)19-10-5-7-17-13-14-23-25(24(17)19)27-26(32(23)28-29-15-6-16-30-28)20-9-2-4-12-22(20)31(21)27/h1-16H. The first-order valence-corrected chi connectivity index (χ1v) is 10.8. The van der Waals surface area contributed by atoms with Crippen LogP contribution in [0.2, 0.25) is 0 Å². The van der Waals surface area contributed by atoms with Gasteiger partial charge in [0.2, 0.25) is 5.95 Å². The topological polar surface area (TPSA) is 35.1 Å². The second-order valence-corrected chi connectivity index (χ2v) is 8.31. The Labute approximate surface area is 182 Å². The van der Waals surface area contributed by atoms with Crippen LogP contribution in [0.5, 0.6) is 0 Å². The van der Waals surface area contributed by atoms with Crippen LogP contribution in [0, 0.1) is 0 Å². The van der Waals surface area contributed by atoms with E-state index in [0.717, 1.165) is 11.0 Å². The van der Waals surface area contributed by atoms with Crippen molar-refractivity contribution in [3.8, 4) is 5.95 Å². The summed E-state index contributed by atoms with van der Waals surface area (Å²) in [5, 5.41) is 7.52.